The van der Waals surface area contributed by atoms with Crippen molar-refractivity contribution in [1.29, 1.82) is 0 Å². The first-order chi connectivity index (χ1) is 9.74. The molecule has 6 nitrogen and oxygen atoms in total. The molecule has 2 rings (SSSR count). The van der Waals surface area contributed by atoms with Gasteiger partial charge in [0.25, 0.3) is 0 Å². The number of anilines is 1. The monoisotopic (exact) mass is 290 g/mol. The molecule has 6 heteroatoms. The lowest BCUT2D eigenvalue weighted by molar-refractivity contribution is -0.137. The average Bonchev–Trinajstić information content (AvgIpc) is 2.68. The van der Waals surface area contributed by atoms with Crippen molar-refractivity contribution in [2.45, 2.75) is 32.9 Å². The molecule has 112 valence electrons. The Balaban J connectivity index is 2.16. The summed E-state index contributed by atoms with van der Waals surface area (Å²) in [6.07, 6.45) is 1.18. The van der Waals surface area contributed by atoms with Gasteiger partial charge in [-0.3, -0.25) is 10.1 Å². The highest BCUT2D eigenvalue weighted by atomic mass is 16.6. The number of fused-ring (bicyclic) bond motifs is 1. The minimum Gasteiger partial charge on any atom is -0.480 e. The van der Waals surface area contributed by atoms with Gasteiger partial charge in [-0.25, -0.2) is 4.79 Å². The zero-order valence-corrected chi connectivity index (χ0v) is 12.2. The number of aromatic nitrogens is 1. The number of carbonyl (C=O) groups is 2. The molecule has 0 aliphatic carbocycles. The van der Waals surface area contributed by atoms with E-state index in [2.05, 4.69) is 5.32 Å². The second-order valence-corrected chi connectivity index (χ2v) is 5.74. The van der Waals surface area contributed by atoms with Crippen LogP contribution in [0.4, 0.5) is 10.5 Å². The summed E-state index contributed by atoms with van der Waals surface area (Å²) >= 11 is 0. The van der Waals surface area contributed by atoms with Crippen molar-refractivity contribution in [3.05, 3.63) is 30.5 Å². The Labute approximate surface area is 122 Å². The second kappa shape index (κ2) is 5.47. The number of rotatable bonds is 3. The number of carbonyl (C=O) groups excluding carboxylic acids is 1. The minimum absolute atomic E-state index is 0.0949. The van der Waals surface area contributed by atoms with E-state index in [1.165, 1.54) is 0 Å². The fourth-order valence-electron chi connectivity index (χ4n) is 1.98. The van der Waals surface area contributed by atoms with Crippen molar-refractivity contribution >= 4 is 28.7 Å². The van der Waals surface area contributed by atoms with Gasteiger partial charge >= 0.3 is 12.1 Å². The maximum atomic E-state index is 11.7. The Kier molecular flexibility index (Phi) is 3.88. The van der Waals surface area contributed by atoms with E-state index in [1.807, 2.05) is 0 Å². The number of carboxylic acids is 1. The topological polar surface area (TPSA) is 80.6 Å². The third-order valence-electron chi connectivity index (χ3n) is 2.72. The third kappa shape index (κ3) is 3.98. The highest BCUT2D eigenvalue weighted by Crippen LogP contribution is 2.21. The Hall–Kier alpha value is -2.50. The van der Waals surface area contributed by atoms with Gasteiger partial charge in [0.15, 0.2) is 0 Å². The second-order valence-electron chi connectivity index (χ2n) is 5.74. The summed E-state index contributed by atoms with van der Waals surface area (Å²) in [6, 6.07) is 7.06. The fraction of sp³-hybridized carbons (Fsp3) is 0.333. The molecule has 21 heavy (non-hydrogen) atoms. The summed E-state index contributed by atoms with van der Waals surface area (Å²) in [4.78, 5) is 22.5. The largest absolute Gasteiger partial charge is 0.480 e. The quantitative estimate of drug-likeness (QED) is 0.910. The van der Waals surface area contributed by atoms with Crippen LogP contribution in [0.15, 0.2) is 30.5 Å². The Bertz CT molecular complexity index is 683. The van der Waals surface area contributed by atoms with Crippen LogP contribution in [0.1, 0.15) is 20.8 Å². The lowest BCUT2D eigenvalue weighted by Crippen LogP contribution is -2.27. The van der Waals surface area contributed by atoms with E-state index in [4.69, 9.17) is 9.84 Å². The van der Waals surface area contributed by atoms with Gasteiger partial charge in [0.2, 0.25) is 0 Å². The summed E-state index contributed by atoms with van der Waals surface area (Å²) in [5, 5.41) is 12.3. The zero-order valence-electron chi connectivity index (χ0n) is 12.2. The van der Waals surface area contributed by atoms with Crippen LogP contribution < -0.4 is 5.32 Å². The van der Waals surface area contributed by atoms with E-state index in [0.717, 1.165) is 10.9 Å². The molecule has 1 heterocycles. The molecule has 0 aliphatic heterocycles. The summed E-state index contributed by atoms with van der Waals surface area (Å²) in [5.41, 5.74) is 0.843. The van der Waals surface area contributed by atoms with Gasteiger partial charge < -0.3 is 14.4 Å². The number of amides is 1. The van der Waals surface area contributed by atoms with Crippen LogP contribution in [0.3, 0.4) is 0 Å². The van der Waals surface area contributed by atoms with Gasteiger partial charge in [-0.1, -0.05) is 0 Å². The highest BCUT2D eigenvalue weighted by Gasteiger charge is 2.16. The highest BCUT2D eigenvalue weighted by molar-refractivity contribution is 5.90. The predicted octanol–water partition coefficient (Wildman–Crippen LogP) is 3.07. The number of nitrogens with zero attached hydrogens (tertiary/aromatic N) is 1. The third-order valence-corrected chi connectivity index (χ3v) is 2.72. The number of carboxylic acid groups (broad SMARTS) is 1. The molecule has 0 saturated heterocycles. The summed E-state index contributed by atoms with van der Waals surface area (Å²) in [6.45, 7) is 5.29. The van der Waals surface area contributed by atoms with Gasteiger partial charge in [-0.2, -0.15) is 0 Å². The SMILES string of the molecule is CC(C)(C)OC(=O)Nc1ccc2c(ccn2CC(=O)O)c1. The molecular weight excluding hydrogens is 272 g/mol. The van der Waals surface area contributed by atoms with Gasteiger partial charge in [0, 0.05) is 22.8 Å². The van der Waals surface area contributed by atoms with Crippen molar-refractivity contribution in [3.8, 4) is 0 Å². The van der Waals surface area contributed by atoms with Crippen LogP contribution in [-0.2, 0) is 16.1 Å². The molecular formula is C15H18N2O4. The zero-order chi connectivity index (χ0) is 15.6. The number of hydrogen-bond donors (Lipinski definition) is 2. The molecule has 0 aliphatic rings. The molecule has 0 radical (unpaired) electrons. The summed E-state index contributed by atoms with van der Waals surface area (Å²) in [5.74, 6) is -0.900. The van der Waals surface area contributed by atoms with Crippen LogP contribution in [-0.4, -0.2) is 27.3 Å². The standard InChI is InChI=1S/C15H18N2O4/c1-15(2,3)21-14(20)16-11-4-5-12-10(8-11)6-7-17(12)9-13(18)19/h4-8H,9H2,1-3H3,(H,16,20)(H,18,19). The number of hydrogen-bond acceptors (Lipinski definition) is 3. The van der Waals surface area contributed by atoms with E-state index in [0.29, 0.717) is 5.69 Å². The number of benzene rings is 1. The molecule has 0 saturated carbocycles. The molecule has 2 aromatic rings. The maximum Gasteiger partial charge on any atom is 0.412 e. The van der Waals surface area contributed by atoms with Crippen molar-refractivity contribution in [2.24, 2.45) is 0 Å². The van der Waals surface area contributed by atoms with E-state index in [9.17, 15) is 9.59 Å². The van der Waals surface area contributed by atoms with Gasteiger partial charge in [-0.05, 0) is 45.0 Å². The van der Waals surface area contributed by atoms with E-state index >= 15 is 0 Å². The number of ether oxygens (including phenoxy) is 1. The van der Waals surface area contributed by atoms with Crippen LogP contribution in [0.25, 0.3) is 10.9 Å². The van der Waals surface area contributed by atoms with Crippen LogP contribution in [0, 0.1) is 0 Å². The number of nitrogens with one attached hydrogen (secondary N) is 1. The van der Waals surface area contributed by atoms with E-state index < -0.39 is 17.7 Å². The average molecular weight is 290 g/mol. The Morgan fingerprint density at radius 2 is 2.00 bits per heavy atom. The van der Waals surface area contributed by atoms with Crippen molar-refractivity contribution in [1.82, 2.24) is 4.57 Å². The number of aliphatic carboxylic acids is 1. The molecule has 1 amide bonds. The lowest BCUT2D eigenvalue weighted by atomic mass is 10.2. The first-order valence-corrected chi connectivity index (χ1v) is 6.55. The molecule has 0 spiro atoms. The molecule has 1 aromatic heterocycles. The molecule has 2 N–H and O–H groups in total. The smallest absolute Gasteiger partial charge is 0.412 e. The van der Waals surface area contributed by atoms with Gasteiger partial charge in [-0.15, -0.1) is 0 Å². The summed E-state index contributed by atoms with van der Waals surface area (Å²) < 4.78 is 6.81. The van der Waals surface area contributed by atoms with Gasteiger partial charge in [0.1, 0.15) is 12.1 Å². The molecule has 1 aromatic carbocycles. The van der Waals surface area contributed by atoms with Crippen LogP contribution in [0.5, 0.6) is 0 Å². The maximum absolute atomic E-state index is 11.7. The molecule has 0 fully saturated rings. The lowest BCUT2D eigenvalue weighted by Gasteiger charge is -2.19. The Morgan fingerprint density at radius 3 is 2.62 bits per heavy atom. The molecule has 0 atom stereocenters. The normalized spacial score (nSPS) is 11.4. The Morgan fingerprint density at radius 1 is 1.29 bits per heavy atom. The van der Waals surface area contributed by atoms with E-state index in [1.54, 1.807) is 55.8 Å². The van der Waals surface area contributed by atoms with Gasteiger partial charge in [0.05, 0.1) is 0 Å². The molecule has 0 unspecified atom stereocenters. The van der Waals surface area contributed by atoms with Crippen molar-refractivity contribution < 1.29 is 19.4 Å². The first-order valence-electron chi connectivity index (χ1n) is 6.55. The van der Waals surface area contributed by atoms with Crippen molar-refractivity contribution in [2.75, 3.05) is 5.32 Å². The van der Waals surface area contributed by atoms with Crippen LogP contribution >= 0.6 is 0 Å². The first kappa shape index (κ1) is 14.9. The molecule has 0 bridgehead atoms. The van der Waals surface area contributed by atoms with Crippen molar-refractivity contribution in [3.63, 3.8) is 0 Å². The minimum atomic E-state index is -0.900. The fourth-order valence-corrected chi connectivity index (χ4v) is 1.98. The van der Waals surface area contributed by atoms with E-state index in [-0.39, 0.29) is 6.54 Å². The summed E-state index contributed by atoms with van der Waals surface area (Å²) in [7, 11) is 0. The predicted molar refractivity (Wildman–Crippen MR) is 79.4 cm³/mol. The van der Waals surface area contributed by atoms with Crippen LogP contribution in [0.2, 0.25) is 0 Å².